The summed E-state index contributed by atoms with van der Waals surface area (Å²) in [6.07, 6.45) is 1.07. The van der Waals surface area contributed by atoms with Crippen LogP contribution in [0.25, 0.3) is 6.08 Å². The summed E-state index contributed by atoms with van der Waals surface area (Å²) in [4.78, 5) is -0.499. The highest BCUT2D eigenvalue weighted by atomic mass is 32.3. The predicted octanol–water partition coefficient (Wildman–Crippen LogP) is 1.86. The molecule has 1 aromatic rings. The van der Waals surface area contributed by atoms with Gasteiger partial charge in [0.25, 0.3) is 0 Å². The average molecular weight is 232 g/mol. The lowest BCUT2D eigenvalue weighted by molar-refractivity contribution is 0.351. The molecule has 0 aliphatic carbocycles. The molecule has 0 amide bonds. The number of hydrogen-bond donors (Lipinski definition) is 0. The average Bonchev–Trinajstić information content (AvgIpc) is 2.15. The summed E-state index contributed by atoms with van der Waals surface area (Å²) in [5.74, 6) is -0.199. The molecule has 0 saturated carbocycles. The van der Waals surface area contributed by atoms with Crippen molar-refractivity contribution in [2.45, 2.75) is 0 Å². The van der Waals surface area contributed by atoms with Crippen LogP contribution >= 0.6 is 0 Å². The van der Waals surface area contributed by atoms with E-state index in [4.69, 9.17) is 4.74 Å². The number of ether oxygens (including phenoxy) is 1. The number of halogens is 2. The molecule has 80 valence electrons. The van der Waals surface area contributed by atoms with Crippen LogP contribution in [0, 0.1) is 5.82 Å². The van der Waals surface area contributed by atoms with Crippen LogP contribution < -0.4 is 4.74 Å². The maximum Gasteiger partial charge on any atom is 0.331 e. The molecule has 1 aliphatic rings. The summed E-state index contributed by atoms with van der Waals surface area (Å²) in [6, 6.07) is 3.63. The Morgan fingerprint density at radius 2 is 2.07 bits per heavy atom. The lowest BCUT2D eigenvalue weighted by Crippen LogP contribution is -2.12. The van der Waals surface area contributed by atoms with Crippen LogP contribution in [-0.2, 0) is 10.2 Å². The normalized spacial score (nSPS) is 15.2. The first-order valence-electron chi connectivity index (χ1n) is 4.04. The van der Waals surface area contributed by atoms with E-state index in [0.29, 0.717) is 5.75 Å². The molecule has 3 nitrogen and oxygen atoms in total. The van der Waals surface area contributed by atoms with Crippen molar-refractivity contribution in [2.75, 3.05) is 6.61 Å². The summed E-state index contributed by atoms with van der Waals surface area (Å²) < 4.78 is 51.5. The topological polar surface area (TPSA) is 43.4 Å². The largest absolute Gasteiger partial charge is 0.487 e. The first-order valence-corrected chi connectivity index (χ1v) is 5.43. The van der Waals surface area contributed by atoms with E-state index in [0.717, 1.165) is 12.1 Å². The van der Waals surface area contributed by atoms with Crippen LogP contribution in [0.2, 0.25) is 0 Å². The zero-order valence-corrected chi connectivity index (χ0v) is 8.22. The predicted molar refractivity (Wildman–Crippen MR) is 49.9 cm³/mol. The minimum atomic E-state index is -4.77. The molecule has 1 heterocycles. The molecule has 0 atom stereocenters. The second-order valence-electron chi connectivity index (χ2n) is 3.02. The van der Waals surface area contributed by atoms with Crippen molar-refractivity contribution in [1.82, 2.24) is 0 Å². The first kappa shape index (κ1) is 10.1. The Balaban J connectivity index is 2.54. The number of rotatable bonds is 1. The molecular formula is C9H6F2O3S. The van der Waals surface area contributed by atoms with E-state index in [1.807, 2.05) is 0 Å². The molecule has 0 radical (unpaired) electrons. The van der Waals surface area contributed by atoms with E-state index in [1.54, 1.807) is 0 Å². The Kier molecular flexibility index (Phi) is 2.22. The zero-order chi connectivity index (χ0) is 11.1. The molecule has 0 fully saturated rings. The number of benzene rings is 1. The number of fused-ring (bicyclic) bond motifs is 1. The Morgan fingerprint density at radius 1 is 1.33 bits per heavy atom. The van der Waals surface area contributed by atoms with Crippen molar-refractivity contribution in [3.05, 3.63) is 34.5 Å². The van der Waals surface area contributed by atoms with Gasteiger partial charge in [-0.2, -0.15) is 8.42 Å². The van der Waals surface area contributed by atoms with Gasteiger partial charge in [0.15, 0.2) is 0 Å². The summed E-state index contributed by atoms with van der Waals surface area (Å²) in [6.45, 7) is -0.364. The third kappa shape index (κ3) is 1.99. The molecular weight excluding hydrogens is 226 g/mol. The molecule has 1 aliphatic heterocycles. The standard InChI is InChI=1S/C9H6F2O3S/c10-7-1-2-9-6(3-7)4-8(5-14-9)15(11,12)13/h1-4H,5H2. The third-order valence-corrected chi connectivity index (χ3v) is 2.83. The van der Waals surface area contributed by atoms with Crippen molar-refractivity contribution in [3.8, 4) is 5.75 Å². The van der Waals surface area contributed by atoms with Crippen LogP contribution in [0.15, 0.2) is 23.1 Å². The highest BCUT2D eigenvalue weighted by molar-refractivity contribution is 7.90. The van der Waals surface area contributed by atoms with E-state index < -0.39 is 20.9 Å². The fraction of sp³-hybridized carbons (Fsp3) is 0.111. The quantitative estimate of drug-likeness (QED) is 0.694. The highest BCUT2D eigenvalue weighted by Gasteiger charge is 2.22. The summed E-state index contributed by atoms with van der Waals surface area (Å²) in [7, 11) is -4.77. The minimum absolute atomic E-state index is 0.220. The van der Waals surface area contributed by atoms with Crippen molar-refractivity contribution in [1.29, 1.82) is 0 Å². The maximum atomic E-state index is 12.8. The molecule has 0 saturated heterocycles. The molecule has 0 N–H and O–H groups in total. The third-order valence-electron chi connectivity index (χ3n) is 1.97. The van der Waals surface area contributed by atoms with Gasteiger partial charge >= 0.3 is 10.2 Å². The maximum absolute atomic E-state index is 12.8. The lowest BCUT2D eigenvalue weighted by Gasteiger charge is -2.15. The van der Waals surface area contributed by atoms with Crippen molar-refractivity contribution in [3.63, 3.8) is 0 Å². The van der Waals surface area contributed by atoms with Gasteiger partial charge in [0.05, 0.1) is 0 Å². The van der Waals surface area contributed by atoms with Gasteiger partial charge < -0.3 is 4.74 Å². The lowest BCUT2D eigenvalue weighted by atomic mass is 10.1. The fourth-order valence-electron chi connectivity index (χ4n) is 1.27. The van der Waals surface area contributed by atoms with Gasteiger partial charge in [-0.1, -0.05) is 0 Å². The summed E-state index contributed by atoms with van der Waals surface area (Å²) in [5, 5.41) is 0. The molecule has 0 aromatic heterocycles. The van der Waals surface area contributed by atoms with Crippen LogP contribution in [0.1, 0.15) is 5.56 Å². The van der Waals surface area contributed by atoms with E-state index in [2.05, 4.69) is 0 Å². The van der Waals surface area contributed by atoms with Gasteiger partial charge in [-0.3, -0.25) is 0 Å². The Morgan fingerprint density at radius 3 is 2.73 bits per heavy atom. The van der Waals surface area contributed by atoms with Crippen molar-refractivity contribution in [2.24, 2.45) is 0 Å². The fourth-order valence-corrected chi connectivity index (χ4v) is 1.74. The zero-order valence-electron chi connectivity index (χ0n) is 7.41. The van der Waals surface area contributed by atoms with E-state index in [-0.39, 0.29) is 12.2 Å². The molecule has 15 heavy (non-hydrogen) atoms. The summed E-state index contributed by atoms with van der Waals surface area (Å²) >= 11 is 0. The molecule has 0 unspecified atom stereocenters. The Labute approximate surface area is 85.2 Å². The van der Waals surface area contributed by atoms with Gasteiger partial charge in [-0.15, -0.1) is 3.89 Å². The second kappa shape index (κ2) is 3.30. The SMILES string of the molecule is O=S(=O)(F)C1=Cc2cc(F)ccc2OC1. The van der Waals surface area contributed by atoms with Gasteiger partial charge in [0.1, 0.15) is 23.1 Å². The molecule has 2 rings (SSSR count). The number of hydrogen-bond acceptors (Lipinski definition) is 3. The summed E-state index contributed by atoms with van der Waals surface area (Å²) in [5.41, 5.74) is 0.220. The van der Waals surface area contributed by atoms with Gasteiger partial charge in [-0.05, 0) is 24.3 Å². The Bertz CT molecular complexity index is 534. The van der Waals surface area contributed by atoms with Gasteiger partial charge in [0.2, 0.25) is 0 Å². The highest BCUT2D eigenvalue weighted by Crippen LogP contribution is 2.29. The first-order chi connectivity index (χ1) is 6.97. The van der Waals surface area contributed by atoms with Crippen molar-refractivity contribution < 1.29 is 21.4 Å². The monoisotopic (exact) mass is 232 g/mol. The van der Waals surface area contributed by atoms with Crippen LogP contribution in [-0.4, -0.2) is 15.0 Å². The molecule has 1 aromatic carbocycles. The molecule has 0 bridgehead atoms. The molecule has 6 heteroatoms. The van der Waals surface area contributed by atoms with Gasteiger partial charge in [-0.25, -0.2) is 4.39 Å². The van der Waals surface area contributed by atoms with E-state index >= 15 is 0 Å². The van der Waals surface area contributed by atoms with E-state index in [9.17, 15) is 16.7 Å². The van der Waals surface area contributed by atoms with E-state index in [1.165, 1.54) is 12.1 Å². The second-order valence-corrected chi connectivity index (χ2v) is 4.42. The Hall–Kier alpha value is -1.43. The van der Waals surface area contributed by atoms with Crippen LogP contribution in [0.3, 0.4) is 0 Å². The van der Waals surface area contributed by atoms with Crippen LogP contribution in [0.5, 0.6) is 5.75 Å². The smallest absolute Gasteiger partial charge is 0.331 e. The van der Waals surface area contributed by atoms with Crippen molar-refractivity contribution >= 4 is 16.3 Å². The minimum Gasteiger partial charge on any atom is -0.487 e. The van der Waals surface area contributed by atoms with Gasteiger partial charge in [0, 0.05) is 5.56 Å². The van der Waals surface area contributed by atoms with Crippen LogP contribution in [0.4, 0.5) is 8.28 Å². The molecule has 0 spiro atoms.